The number of nitrogens with one attached hydrogen (secondary N) is 1. The highest BCUT2D eigenvalue weighted by Crippen LogP contribution is 2.35. The van der Waals surface area contributed by atoms with Gasteiger partial charge in [-0.05, 0) is 39.0 Å². The van der Waals surface area contributed by atoms with Crippen LogP contribution in [0.2, 0.25) is 0 Å². The van der Waals surface area contributed by atoms with E-state index in [4.69, 9.17) is 9.88 Å². The number of sulfonamides is 1. The quantitative estimate of drug-likeness (QED) is 0.840. The Morgan fingerprint density at radius 3 is 2.60 bits per heavy atom. The molecule has 1 amide bonds. The normalized spacial score (nSPS) is 18.3. The van der Waals surface area contributed by atoms with E-state index >= 15 is 0 Å². The van der Waals surface area contributed by atoms with Gasteiger partial charge in [-0.1, -0.05) is 0 Å². The van der Waals surface area contributed by atoms with E-state index in [0.717, 1.165) is 0 Å². The minimum atomic E-state index is -3.80. The molecule has 1 aromatic rings. The maximum atomic E-state index is 12.2. The van der Waals surface area contributed by atoms with Gasteiger partial charge in [-0.15, -0.1) is 0 Å². The van der Waals surface area contributed by atoms with E-state index in [1.54, 1.807) is 0 Å². The van der Waals surface area contributed by atoms with Gasteiger partial charge >= 0.3 is 0 Å². The minimum Gasteiger partial charge on any atom is -0.492 e. The lowest BCUT2D eigenvalue weighted by molar-refractivity contribution is -0.124. The van der Waals surface area contributed by atoms with Gasteiger partial charge in [-0.3, -0.25) is 4.79 Å². The lowest BCUT2D eigenvalue weighted by atomic mass is 9.98. The van der Waals surface area contributed by atoms with E-state index < -0.39 is 15.9 Å². The van der Waals surface area contributed by atoms with Crippen molar-refractivity contribution in [3.05, 3.63) is 23.8 Å². The van der Waals surface area contributed by atoms with E-state index in [-0.39, 0.29) is 22.9 Å². The molecule has 2 rings (SSSR count). The van der Waals surface area contributed by atoms with Crippen LogP contribution in [-0.4, -0.2) is 26.5 Å². The molecule has 3 N–H and O–H groups in total. The summed E-state index contributed by atoms with van der Waals surface area (Å²) in [5.41, 5.74) is 0.190. The van der Waals surface area contributed by atoms with Crippen LogP contribution in [0.3, 0.4) is 0 Å². The summed E-state index contributed by atoms with van der Waals surface area (Å²) < 4.78 is 28.2. The van der Waals surface area contributed by atoms with Crippen molar-refractivity contribution in [2.75, 3.05) is 6.61 Å². The molecular weight excluding hydrogens is 280 g/mol. The zero-order valence-corrected chi connectivity index (χ0v) is 12.5. The van der Waals surface area contributed by atoms with E-state index in [1.807, 2.05) is 20.8 Å². The fourth-order valence-corrected chi connectivity index (χ4v) is 2.59. The van der Waals surface area contributed by atoms with E-state index in [2.05, 4.69) is 5.32 Å². The number of amides is 1. The number of fused-ring (bicyclic) bond motifs is 1. The van der Waals surface area contributed by atoms with E-state index in [1.165, 1.54) is 18.2 Å². The third-order valence-corrected chi connectivity index (χ3v) is 3.82. The number of hydrogen-bond donors (Lipinski definition) is 2. The number of rotatable bonds is 2. The molecule has 0 saturated carbocycles. The first kappa shape index (κ1) is 14.8. The lowest BCUT2D eigenvalue weighted by Gasteiger charge is -2.22. The summed E-state index contributed by atoms with van der Waals surface area (Å²) in [6, 6.07) is 4.31. The number of carbonyl (C=O) groups excluding carboxylic acids is 1. The van der Waals surface area contributed by atoms with Crippen molar-refractivity contribution in [1.29, 1.82) is 0 Å². The Bertz CT molecular complexity index is 647. The van der Waals surface area contributed by atoms with Crippen molar-refractivity contribution in [3.8, 4) is 5.75 Å². The van der Waals surface area contributed by atoms with Gasteiger partial charge in [0.2, 0.25) is 15.9 Å². The summed E-state index contributed by atoms with van der Waals surface area (Å²) in [6.07, 6.45) is 0. The van der Waals surface area contributed by atoms with Gasteiger partial charge in [0.25, 0.3) is 0 Å². The average Bonchev–Trinajstić information content (AvgIpc) is 2.67. The highest BCUT2D eigenvalue weighted by atomic mass is 32.2. The van der Waals surface area contributed by atoms with E-state index in [9.17, 15) is 13.2 Å². The Hall–Kier alpha value is -1.60. The van der Waals surface area contributed by atoms with Gasteiger partial charge in [0.05, 0.1) is 4.90 Å². The molecule has 110 valence electrons. The van der Waals surface area contributed by atoms with E-state index in [0.29, 0.717) is 11.3 Å². The molecule has 20 heavy (non-hydrogen) atoms. The van der Waals surface area contributed by atoms with Gasteiger partial charge in [0.1, 0.15) is 18.3 Å². The summed E-state index contributed by atoms with van der Waals surface area (Å²) in [5, 5.41) is 7.97. The number of carbonyl (C=O) groups is 1. The molecule has 0 bridgehead atoms. The van der Waals surface area contributed by atoms with Crippen molar-refractivity contribution in [3.63, 3.8) is 0 Å². The standard InChI is InChI=1S/C13H18N2O4S/c1-13(2,3)15-12(16)10-7-19-11-5-4-8(6-9(10)11)20(14,17)18/h4-6,10H,7H2,1-3H3,(H,15,16)(H2,14,17,18). The first-order chi connectivity index (χ1) is 9.08. The molecule has 0 fully saturated rings. The van der Waals surface area contributed by atoms with Crippen LogP contribution in [0.15, 0.2) is 23.1 Å². The fraction of sp³-hybridized carbons (Fsp3) is 0.462. The van der Waals surface area contributed by atoms with Crippen LogP contribution < -0.4 is 15.2 Å². The summed E-state index contributed by atoms with van der Waals surface area (Å²) in [5.74, 6) is -0.194. The van der Waals surface area contributed by atoms with Gasteiger partial charge in [0, 0.05) is 11.1 Å². The molecule has 0 spiro atoms. The van der Waals surface area contributed by atoms with Crippen LogP contribution in [0.5, 0.6) is 5.75 Å². The first-order valence-electron chi connectivity index (χ1n) is 6.19. The van der Waals surface area contributed by atoms with Crippen molar-refractivity contribution < 1.29 is 17.9 Å². The van der Waals surface area contributed by atoms with Crippen LogP contribution in [0.4, 0.5) is 0 Å². The number of benzene rings is 1. The van der Waals surface area contributed by atoms with Crippen molar-refractivity contribution in [2.45, 2.75) is 37.1 Å². The Morgan fingerprint density at radius 2 is 2.05 bits per heavy atom. The Morgan fingerprint density at radius 1 is 1.40 bits per heavy atom. The summed E-state index contributed by atoms with van der Waals surface area (Å²) >= 11 is 0. The topological polar surface area (TPSA) is 98.5 Å². The Labute approximate surface area is 118 Å². The smallest absolute Gasteiger partial charge is 0.238 e. The molecule has 1 aliphatic rings. The Kier molecular flexibility index (Phi) is 3.51. The molecule has 6 nitrogen and oxygen atoms in total. The highest BCUT2D eigenvalue weighted by Gasteiger charge is 2.33. The van der Waals surface area contributed by atoms with Crippen molar-refractivity contribution in [1.82, 2.24) is 5.32 Å². The summed E-state index contributed by atoms with van der Waals surface area (Å²) in [4.78, 5) is 12.2. The fourth-order valence-electron chi connectivity index (χ4n) is 2.04. The molecule has 1 aliphatic heterocycles. The number of primary sulfonamides is 1. The Balaban J connectivity index is 2.34. The van der Waals surface area contributed by atoms with Gasteiger partial charge < -0.3 is 10.1 Å². The number of hydrogen-bond acceptors (Lipinski definition) is 4. The van der Waals surface area contributed by atoms with Crippen LogP contribution in [-0.2, 0) is 14.8 Å². The average molecular weight is 298 g/mol. The zero-order chi connectivity index (χ0) is 15.1. The van der Waals surface area contributed by atoms with Crippen LogP contribution in [0.25, 0.3) is 0 Å². The second kappa shape index (κ2) is 4.75. The molecule has 1 atom stereocenters. The highest BCUT2D eigenvalue weighted by molar-refractivity contribution is 7.89. The van der Waals surface area contributed by atoms with Crippen LogP contribution >= 0.6 is 0 Å². The molecule has 0 aliphatic carbocycles. The molecular formula is C13H18N2O4S. The largest absolute Gasteiger partial charge is 0.492 e. The molecule has 1 heterocycles. The third kappa shape index (κ3) is 3.10. The summed E-state index contributed by atoms with van der Waals surface area (Å²) in [7, 11) is -3.80. The predicted octanol–water partition coefficient (Wildman–Crippen LogP) is 0.725. The summed E-state index contributed by atoms with van der Waals surface area (Å²) in [6.45, 7) is 5.83. The van der Waals surface area contributed by atoms with Crippen molar-refractivity contribution in [2.24, 2.45) is 5.14 Å². The van der Waals surface area contributed by atoms with Gasteiger partial charge in [0.15, 0.2) is 0 Å². The molecule has 7 heteroatoms. The molecule has 1 unspecified atom stereocenters. The van der Waals surface area contributed by atoms with Crippen LogP contribution in [0, 0.1) is 0 Å². The van der Waals surface area contributed by atoms with Crippen LogP contribution in [0.1, 0.15) is 32.3 Å². The number of ether oxygens (including phenoxy) is 1. The SMILES string of the molecule is CC(C)(C)NC(=O)C1COc2ccc(S(N)(=O)=O)cc21. The maximum Gasteiger partial charge on any atom is 0.238 e. The minimum absolute atomic E-state index is 0.0182. The molecule has 0 saturated heterocycles. The monoisotopic (exact) mass is 298 g/mol. The second-order valence-electron chi connectivity index (χ2n) is 5.85. The second-order valence-corrected chi connectivity index (χ2v) is 7.41. The molecule has 0 radical (unpaired) electrons. The van der Waals surface area contributed by atoms with Gasteiger partial charge in [-0.25, -0.2) is 13.6 Å². The first-order valence-corrected chi connectivity index (χ1v) is 7.74. The maximum absolute atomic E-state index is 12.2. The third-order valence-electron chi connectivity index (χ3n) is 2.91. The molecule has 1 aromatic carbocycles. The predicted molar refractivity (Wildman–Crippen MR) is 73.9 cm³/mol. The zero-order valence-electron chi connectivity index (χ0n) is 11.6. The lowest BCUT2D eigenvalue weighted by Crippen LogP contribution is -2.43. The molecule has 0 aromatic heterocycles. The van der Waals surface area contributed by atoms with Gasteiger partial charge in [-0.2, -0.15) is 0 Å². The van der Waals surface area contributed by atoms with Crippen molar-refractivity contribution >= 4 is 15.9 Å². The number of nitrogens with two attached hydrogens (primary N) is 1.